The third kappa shape index (κ3) is 7.84. The number of carbonyl (C=O) groups excluding carboxylic acids is 2. The van der Waals surface area contributed by atoms with Crippen molar-refractivity contribution >= 4 is 11.9 Å². The Hall–Kier alpha value is -2.08. The summed E-state index contributed by atoms with van der Waals surface area (Å²) in [6.07, 6.45) is 6.58. The number of methoxy groups -OCH3 is 1. The highest BCUT2D eigenvalue weighted by molar-refractivity contribution is 5.75. The van der Waals surface area contributed by atoms with E-state index >= 15 is 0 Å². The standard InChI is InChI=1S/C25H38O6/c1-5-30-25(28)21-9-7-6-8-19(21)12-14-20(26)13-10-18-11-15-22(23(16-18)29-4)31-24(27)17(2)3/h11,15-17,19-21,26H,5-10,12-14H2,1-4H3. The number of ether oxygens (including phenoxy) is 3. The molecule has 174 valence electrons. The van der Waals surface area contributed by atoms with Crippen molar-refractivity contribution in [2.24, 2.45) is 17.8 Å². The Morgan fingerprint density at radius 3 is 2.55 bits per heavy atom. The van der Waals surface area contributed by atoms with Crippen molar-refractivity contribution in [1.29, 1.82) is 0 Å². The summed E-state index contributed by atoms with van der Waals surface area (Å²) in [6.45, 7) is 5.83. The van der Waals surface area contributed by atoms with Crippen LogP contribution in [0.3, 0.4) is 0 Å². The number of benzene rings is 1. The van der Waals surface area contributed by atoms with Crippen LogP contribution in [0.1, 0.15) is 71.3 Å². The summed E-state index contributed by atoms with van der Waals surface area (Å²) in [5.74, 6) is 0.612. The van der Waals surface area contributed by atoms with E-state index in [1.165, 1.54) is 0 Å². The molecule has 1 fully saturated rings. The molecule has 1 N–H and O–H groups in total. The molecule has 3 unspecified atom stereocenters. The van der Waals surface area contributed by atoms with E-state index in [1.54, 1.807) is 27.0 Å². The number of aryl methyl sites for hydroxylation is 1. The van der Waals surface area contributed by atoms with Gasteiger partial charge in [-0.2, -0.15) is 0 Å². The van der Waals surface area contributed by atoms with Gasteiger partial charge in [0.25, 0.3) is 0 Å². The van der Waals surface area contributed by atoms with E-state index in [0.29, 0.717) is 43.3 Å². The average molecular weight is 435 g/mol. The molecule has 1 aliphatic rings. The van der Waals surface area contributed by atoms with Gasteiger partial charge >= 0.3 is 11.9 Å². The zero-order valence-electron chi connectivity index (χ0n) is 19.4. The third-order valence-corrected chi connectivity index (χ3v) is 6.05. The van der Waals surface area contributed by atoms with E-state index in [4.69, 9.17) is 14.2 Å². The van der Waals surface area contributed by atoms with Crippen molar-refractivity contribution in [3.05, 3.63) is 23.8 Å². The minimum absolute atomic E-state index is 0.0220. The molecule has 1 aromatic carbocycles. The number of esters is 2. The van der Waals surface area contributed by atoms with Crippen LogP contribution in [0.4, 0.5) is 0 Å². The maximum atomic E-state index is 12.2. The molecule has 3 atom stereocenters. The Morgan fingerprint density at radius 1 is 1.13 bits per heavy atom. The van der Waals surface area contributed by atoms with Crippen molar-refractivity contribution in [2.45, 2.75) is 78.2 Å². The van der Waals surface area contributed by atoms with Gasteiger partial charge in [-0.3, -0.25) is 9.59 Å². The lowest BCUT2D eigenvalue weighted by Gasteiger charge is -2.30. The molecule has 0 spiro atoms. The van der Waals surface area contributed by atoms with Crippen LogP contribution in [-0.4, -0.2) is 36.9 Å². The topological polar surface area (TPSA) is 82.1 Å². The number of hydrogen-bond acceptors (Lipinski definition) is 6. The van der Waals surface area contributed by atoms with Crippen LogP contribution in [0.5, 0.6) is 11.5 Å². The third-order valence-electron chi connectivity index (χ3n) is 6.05. The second-order valence-corrected chi connectivity index (χ2v) is 8.73. The number of aliphatic hydroxyl groups excluding tert-OH is 1. The first kappa shape index (κ1) is 25.2. The molecule has 1 aliphatic carbocycles. The second kappa shape index (κ2) is 12.7. The Bertz CT molecular complexity index is 714. The van der Waals surface area contributed by atoms with Gasteiger partial charge in [0.05, 0.1) is 31.7 Å². The van der Waals surface area contributed by atoms with E-state index in [2.05, 4.69) is 0 Å². The van der Waals surface area contributed by atoms with Gasteiger partial charge in [0.15, 0.2) is 11.5 Å². The quantitative estimate of drug-likeness (QED) is 0.402. The predicted octanol–water partition coefficient (Wildman–Crippen LogP) is 4.70. The van der Waals surface area contributed by atoms with Gasteiger partial charge in [-0.05, 0) is 69.1 Å². The lowest BCUT2D eigenvalue weighted by atomic mass is 9.76. The summed E-state index contributed by atoms with van der Waals surface area (Å²) in [5, 5.41) is 10.5. The highest BCUT2D eigenvalue weighted by atomic mass is 16.6. The Morgan fingerprint density at radius 2 is 1.87 bits per heavy atom. The lowest BCUT2D eigenvalue weighted by molar-refractivity contribution is -0.151. The van der Waals surface area contributed by atoms with Gasteiger partial charge in [-0.1, -0.05) is 32.8 Å². The van der Waals surface area contributed by atoms with Crippen LogP contribution in [0, 0.1) is 17.8 Å². The van der Waals surface area contributed by atoms with Crippen LogP contribution < -0.4 is 9.47 Å². The number of carbonyl (C=O) groups is 2. The first-order valence-electron chi connectivity index (χ1n) is 11.6. The first-order chi connectivity index (χ1) is 14.8. The molecule has 1 saturated carbocycles. The molecule has 0 amide bonds. The minimum Gasteiger partial charge on any atom is -0.493 e. The largest absolute Gasteiger partial charge is 0.493 e. The SMILES string of the molecule is CCOC(=O)C1CCCCC1CCC(O)CCc1ccc(OC(=O)C(C)C)c(OC)c1. The summed E-state index contributed by atoms with van der Waals surface area (Å²) >= 11 is 0. The van der Waals surface area contributed by atoms with Gasteiger partial charge < -0.3 is 19.3 Å². The molecule has 2 rings (SSSR count). The molecule has 6 heteroatoms. The van der Waals surface area contributed by atoms with Crippen molar-refractivity contribution in [2.75, 3.05) is 13.7 Å². The lowest BCUT2D eigenvalue weighted by Crippen LogP contribution is -2.29. The van der Waals surface area contributed by atoms with E-state index < -0.39 is 6.10 Å². The molecule has 0 aliphatic heterocycles. The van der Waals surface area contributed by atoms with Crippen molar-refractivity contribution in [3.63, 3.8) is 0 Å². The number of aliphatic hydroxyl groups is 1. The molecular weight excluding hydrogens is 396 g/mol. The van der Waals surface area contributed by atoms with E-state index in [9.17, 15) is 14.7 Å². The highest BCUT2D eigenvalue weighted by Gasteiger charge is 2.32. The van der Waals surface area contributed by atoms with Crippen LogP contribution in [-0.2, 0) is 20.7 Å². The molecule has 0 radical (unpaired) electrons. The van der Waals surface area contributed by atoms with E-state index in [1.807, 2.05) is 19.1 Å². The minimum atomic E-state index is -0.422. The fourth-order valence-corrected chi connectivity index (χ4v) is 4.17. The molecule has 1 aromatic rings. The monoisotopic (exact) mass is 434 g/mol. The maximum Gasteiger partial charge on any atom is 0.313 e. The molecule has 6 nitrogen and oxygen atoms in total. The summed E-state index contributed by atoms with van der Waals surface area (Å²) < 4.78 is 16.0. The van der Waals surface area contributed by atoms with Crippen molar-refractivity contribution < 1.29 is 28.9 Å². The summed E-state index contributed by atoms with van der Waals surface area (Å²) in [5.41, 5.74) is 1.02. The molecule has 0 bridgehead atoms. The molecule has 31 heavy (non-hydrogen) atoms. The normalized spacial score (nSPS) is 19.7. The zero-order valence-corrected chi connectivity index (χ0v) is 19.4. The zero-order chi connectivity index (χ0) is 22.8. The van der Waals surface area contributed by atoms with E-state index in [-0.39, 0.29) is 23.8 Å². The van der Waals surface area contributed by atoms with Gasteiger partial charge in [0, 0.05) is 0 Å². The second-order valence-electron chi connectivity index (χ2n) is 8.73. The fourth-order valence-electron chi connectivity index (χ4n) is 4.17. The fraction of sp³-hybridized carbons (Fsp3) is 0.680. The van der Waals surface area contributed by atoms with Crippen molar-refractivity contribution in [3.8, 4) is 11.5 Å². The molecular formula is C25H38O6. The number of hydrogen-bond donors (Lipinski definition) is 1. The van der Waals surface area contributed by atoms with Gasteiger partial charge in [0.2, 0.25) is 0 Å². The highest BCUT2D eigenvalue weighted by Crippen LogP contribution is 2.35. The number of rotatable bonds is 11. The summed E-state index contributed by atoms with van der Waals surface area (Å²) in [4.78, 5) is 24.1. The van der Waals surface area contributed by atoms with Gasteiger partial charge in [-0.15, -0.1) is 0 Å². The van der Waals surface area contributed by atoms with Gasteiger partial charge in [0.1, 0.15) is 0 Å². The van der Waals surface area contributed by atoms with Crippen LogP contribution in [0.15, 0.2) is 18.2 Å². The smallest absolute Gasteiger partial charge is 0.313 e. The Kier molecular flexibility index (Phi) is 10.3. The molecule has 0 saturated heterocycles. The average Bonchev–Trinajstić information content (AvgIpc) is 2.77. The van der Waals surface area contributed by atoms with Gasteiger partial charge in [-0.25, -0.2) is 0 Å². The predicted molar refractivity (Wildman–Crippen MR) is 119 cm³/mol. The maximum absolute atomic E-state index is 12.2. The Balaban J connectivity index is 1.85. The summed E-state index contributed by atoms with van der Waals surface area (Å²) in [6, 6.07) is 5.50. The summed E-state index contributed by atoms with van der Waals surface area (Å²) in [7, 11) is 1.55. The first-order valence-corrected chi connectivity index (χ1v) is 11.6. The Labute approximate surface area is 186 Å². The van der Waals surface area contributed by atoms with Crippen LogP contribution in [0.25, 0.3) is 0 Å². The van der Waals surface area contributed by atoms with Crippen LogP contribution >= 0.6 is 0 Å². The van der Waals surface area contributed by atoms with Crippen molar-refractivity contribution in [1.82, 2.24) is 0 Å². The molecule has 0 heterocycles. The van der Waals surface area contributed by atoms with E-state index in [0.717, 1.165) is 37.7 Å². The van der Waals surface area contributed by atoms with Crippen LogP contribution in [0.2, 0.25) is 0 Å². The molecule has 0 aromatic heterocycles.